The third-order valence-electron chi connectivity index (χ3n) is 3.66. The average molecular weight is 392 g/mol. The van der Waals surface area contributed by atoms with E-state index >= 15 is 0 Å². The molecule has 1 heterocycles. The van der Waals surface area contributed by atoms with Crippen LogP contribution in [0.2, 0.25) is 10.0 Å². The molecule has 3 rings (SSSR count). The Bertz CT molecular complexity index is 957. The number of aromatic amines is 1. The highest BCUT2D eigenvalue weighted by Gasteiger charge is 2.16. The molecule has 134 valence electrons. The highest BCUT2D eigenvalue weighted by molar-refractivity contribution is 6.32. The maximum atomic E-state index is 12.5. The zero-order chi connectivity index (χ0) is 18.7. The van der Waals surface area contributed by atoms with Crippen LogP contribution >= 0.6 is 23.2 Å². The lowest BCUT2D eigenvalue weighted by Crippen LogP contribution is -2.13. The summed E-state index contributed by atoms with van der Waals surface area (Å²) in [6.07, 6.45) is 0. The van der Waals surface area contributed by atoms with Crippen molar-refractivity contribution < 1.29 is 14.3 Å². The van der Waals surface area contributed by atoms with Crippen molar-refractivity contribution in [3.8, 4) is 22.8 Å². The molecule has 2 aromatic carbocycles. The number of nitrogens with zero attached hydrogens (tertiary/aromatic N) is 1. The van der Waals surface area contributed by atoms with E-state index in [4.69, 9.17) is 32.7 Å². The minimum atomic E-state index is -0.381. The molecule has 8 heteroatoms. The van der Waals surface area contributed by atoms with E-state index in [-0.39, 0.29) is 11.6 Å². The number of carbonyl (C=O) groups is 1. The molecule has 2 N–H and O–H groups in total. The summed E-state index contributed by atoms with van der Waals surface area (Å²) >= 11 is 12.1. The Balaban J connectivity index is 1.85. The van der Waals surface area contributed by atoms with Gasteiger partial charge in [-0.05, 0) is 18.2 Å². The summed E-state index contributed by atoms with van der Waals surface area (Å²) in [5, 5.41) is 10.6. The molecular formula is C18H15Cl2N3O3. The monoisotopic (exact) mass is 391 g/mol. The second-order valence-corrected chi connectivity index (χ2v) is 6.16. The molecule has 0 aliphatic heterocycles. The molecule has 0 fully saturated rings. The second kappa shape index (κ2) is 7.68. The Morgan fingerprint density at radius 2 is 1.85 bits per heavy atom. The first-order valence-corrected chi connectivity index (χ1v) is 8.31. The normalized spacial score (nSPS) is 10.5. The highest BCUT2D eigenvalue weighted by Crippen LogP contribution is 2.36. The van der Waals surface area contributed by atoms with Crippen LogP contribution in [0, 0.1) is 0 Å². The van der Waals surface area contributed by atoms with Crippen LogP contribution in [0.1, 0.15) is 10.5 Å². The molecule has 0 saturated carbocycles. The van der Waals surface area contributed by atoms with Crippen LogP contribution in [-0.2, 0) is 0 Å². The number of benzene rings is 2. The van der Waals surface area contributed by atoms with Crippen LogP contribution < -0.4 is 14.8 Å². The largest absolute Gasteiger partial charge is 0.495 e. The van der Waals surface area contributed by atoms with E-state index in [0.29, 0.717) is 32.9 Å². The van der Waals surface area contributed by atoms with Gasteiger partial charge < -0.3 is 14.8 Å². The zero-order valence-corrected chi connectivity index (χ0v) is 15.5. The number of anilines is 1. The number of H-pyrrole nitrogens is 1. The molecule has 1 amide bonds. The molecule has 0 aliphatic carbocycles. The molecule has 0 atom stereocenters. The zero-order valence-electron chi connectivity index (χ0n) is 14.0. The number of carbonyl (C=O) groups excluding carboxylic acids is 1. The molecule has 0 spiro atoms. The first kappa shape index (κ1) is 18.1. The summed E-state index contributed by atoms with van der Waals surface area (Å²) in [5.41, 5.74) is 2.13. The summed E-state index contributed by atoms with van der Waals surface area (Å²) < 4.78 is 10.4. The first-order chi connectivity index (χ1) is 12.5. The maximum absolute atomic E-state index is 12.5. The summed E-state index contributed by atoms with van der Waals surface area (Å²) in [4.78, 5) is 12.5. The van der Waals surface area contributed by atoms with E-state index in [1.54, 1.807) is 30.3 Å². The lowest BCUT2D eigenvalue weighted by atomic mass is 10.1. The van der Waals surface area contributed by atoms with Crippen molar-refractivity contribution in [3.63, 3.8) is 0 Å². The van der Waals surface area contributed by atoms with Gasteiger partial charge in [0.05, 0.1) is 30.6 Å². The number of amides is 1. The smallest absolute Gasteiger partial charge is 0.273 e. The number of aromatic nitrogens is 2. The molecule has 0 aliphatic rings. The van der Waals surface area contributed by atoms with Crippen molar-refractivity contribution >= 4 is 34.8 Å². The quantitative estimate of drug-likeness (QED) is 0.663. The van der Waals surface area contributed by atoms with Crippen molar-refractivity contribution in [1.29, 1.82) is 0 Å². The predicted molar refractivity (Wildman–Crippen MR) is 102 cm³/mol. The van der Waals surface area contributed by atoms with Gasteiger partial charge in [0.25, 0.3) is 5.91 Å². The summed E-state index contributed by atoms with van der Waals surface area (Å²) in [6, 6.07) is 12.0. The fourth-order valence-electron chi connectivity index (χ4n) is 2.38. The third-order valence-corrected chi connectivity index (χ3v) is 4.20. The van der Waals surface area contributed by atoms with E-state index < -0.39 is 0 Å². The predicted octanol–water partition coefficient (Wildman–Crippen LogP) is 4.65. The molecule has 6 nitrogen and oxygen atoms in total. The van der Waals surface area contributed by atoms with Gasteiger partial charge in [-0.25, -0.2) is 0 Å². The van der Waals surface area contributed by atoms with Crippen molar-refractivity contribution in [3.05, 3.63) is 58.2 Å². The number of ether oxygens (including phenoxy) is 2. The lowest BCUT2D eigenvalue weighted by molar-refractivity contribution is 0.102. The van der Waals surface area contributed by atoms with Crippen molar-refractivity contribution in [2.45, 2.75) is 0 Å². The van der Waals surface area contributed by atoms with E-state index in [9.17, 15) is 4.79 Å². The number of hydrogen-bond acceptors (Lipinski definition) is 4. The molecule has 0 bridgehead atoms. The van der Waals surface area contributed by atoms with Gasteiger partial charge in [-0.3, -0.25) is 9.89 Å². The molecule has 1 aromatic heterocycles. The van der Waals surface area contributed by atoms with Crippen LogP contribution in [0.4, 0.5) is 5.69 Å². The Morgan fingerprint density at radius 1 is 1.08 bits per heavy atom. The molecule has 26 heavy (non-hydrogen) atoms. The van der Waals surface area contributed by atoms with Crippen molar-refractivity contribution in [1.82, 2.24) is 10.2 Å². The van der Waals surface area contributed by atoms with Crippen LogP contribution in [-0.4, -0.2) is 30.3 Å². The minimum Gasteiger partial charge on any atom is -0.495 e. The number of halogens is 2. The molecular weight excluding hydrogens is 377 g/mol. The van der Waals surface area contributed by atoms with Crippen molar-refractivity contribution in [2.75, 3.05) is 19.5 Å². The van der Waals surface area contributed by atoms with Crippen LogP contribution in [0.25, 0.3) is 11.3 Å². The number of nitrogens with one attached hydrogen (secondary N) is 2. The number of hydrogen-bond donors (Lipinski definition) is 2. The fourth-order valence-corrected chi connectivity index (χ4v) is 2.80. The third kappa shape index (κ3) is 3.76. The summed E-state index contributed by atoms with van der Waals surface area (Å²) in [7, 11) is 2.98. The van der Waals surface area contributed by atoms with E-state index in [0.717, 1.165) is 5.56 Å². The van der Waals surface area contributed by atoms with Gasteiger partial charge in [0, 0.05) is 22.7 Å². The van der Waals surface area contributed by atoms with E-state index in [2.05, 4.69) is 15.5 Å². The maximum Gasteiger partial charge on any atom is 0.273 e. The molecule has 3 aromatic rings. The Labute approximate surface area is 160 Å². The Hall–Kier alpha value is -2.70. The highest BCUT2D eigenvalue weighted by atomic mass is 35.5. The average Bonchev–Trinajstić information content (AvgIpc) is 3.13. The van der Waals surface area contributed by atoms with Gasteiger partial charge in [0.2, 0.25) is 0 Å². The summed E-state index contributed by atoms with van der Waals surface area (Å²) in [6.45, 7) is 0. The number of methoxy groups -OCH3 is 2. The second-order valence-electron chi connectivity index (χ2n) is 5.32. The lowest BCUT2D eigenvalue weighted by Gasteiger charge is -2.12. The van der Waals surface area contributed by atoms with Gasteiger partial charge in [-0.15, -0.1) is 0 Å². The van der Waals surface area contributed by atoms with Gasteiger partial charge >= 0.3 is 0 Å². The first-order valence-electron chi connectivity index (χ1n) is 7.56. The van der Waals surface area contributed by atoms with Crippen LogP contribution in [0.15, 0.2) is 42.5 Å². The van der Waals surface area contributed by atoms with E-state index in [1.807, 2.05) is 12.1 Å². The van der Waals surface area contributed by atoms with E-state index in [1.165, 1.54) is 14.2 Å². The van der Waals surface area contributed by atoms with Crippen LogP contribution in [0.3, 0.4) is 0 Å². The van der Waals surface area contributed by atoms with Gasteiger partial charge in [-0.2, -0.15) is 5.10 Å². The Kier molecular flexibility index (Phi) is 5.35. The van der Waals surface area contributed by atoms with Gasteiger partial charge in [0.1, 0.15) is 17.2 Å². The standard InChI is InChI=1S/C18H15Cl2N3O3/c1-25-16-9-14(17(26-2)7-12(16)20)21-18(24)15-8-13(22-23-15)10-4-3-5-11(19)6-10/h3-9H,1-2H3,(H,21,24)(H,22,23). The Morgan fingerprint density at radius 3 is 2.54 bits per heavy atom. The molecule has 0 saturated heterocycles. The molecule has 0 radical (unpaired) electrons. The minimum absolute atomic E-state index is 0.288. The van der Waals surface area contributed by atoms with Gasteiger partial charge in [0.15, 0.2) is 0 Å². The fraction of sp³-hybridized carbons (Fsp3) is 0.111. The summed E-state index contributed by atoms with van der Waals surface area (Å²) in [5.74, 6) is 0.458. The topological polar surface area (TPSA) is 76.2 Å². The van der Waals surface area contributed by atoms with Crippen molar-refractivity contribution in [2.24, 2.45) is 0 Å². The van der Waals surface area contributed by atoms with Crippen LogP contribution in [0.5, 0.6) is 11.5 Å². The number of rotatable bonds is 5. The SMILES string of the molecule is COc1cc(NC(=O)c2cc(-c3cccc(Cl)c3)n[nH]2)c(OC)cc1Cl. The van der Waals surface area contributed by atoms with Gasteiger partial charge in [-0.1, -0.05) is 35.3 Å². The molecule has 0 unspecified atom stereocenters.